The number of ether oxygens (including phenoxy) is 1. The Hall–Kier alpha value is -2.44. The van der Waals surface area contributed by atoms with Gasteiger partial charge in [0.05, 0.1) is 6.10 Å². The van der Waals surface area contributed by atoms with Gasteiger partial charge >= 0.3 is 0 Å². The Balaban J connectivity index is 1.08. The van der Waals surface area contributed by atoms with Crippen LogP contribution in [-0.4, -0.2) is 47.2 Å². The van der Waals surface area contributed by atoms with Crippen LogP contribution >= 0.6 is 0 Å². The first-order valence-electron chi connectivity index (χ1n) is 13.1. The number of likely N-dealkylation sites (tertiary alicyclic amines) is 1. The lowest BCUT2D eigenvalue weighted by molar-refractivity contribution is 0.0535. The molecule has 3 aromatic rings. The number of aryl methyl sites for hydroxylation is 2. The Morgan fingerprint density at radius 1 is 1.15 bits per heavy atom. The minimum atomic E-state index is 0.286. The van der Waals surface area contributed by atoms with Crippen molar-refractivity contribution in [2.75, 3.05) is 31.6 Å². The Labute approximate surface area is 203 Å². The number of unbranched alkanes of at least 4 members (excludes halogenated alkanes) is 1. The Morgan fingerprint density at radius 2 is 2.06 bits per heavy atom. The van der Waals surface area contributed by atoms with Crippen molar-refractivity contribution in [2.24, 2.45) is 0 Å². The summed E-state index contributed by atoms with van der Waals surface area (Å²) >= 11 is 0. The summed E-state index contributed by atoms with van der Waals surface area (Å²) in [6, 6.07) is 11.1. The topological polar surface area (TPSA) is 63.4 Å². The molecule has 6 nitrogen and oxygen atoms in total. The summed E-state index contributed by atoms with van der Waals surface area (Å²) in [6.07, 6.45) is 6.97. The van der Waals surface area contributed by atoms with Crippen molar-refractivity contribution in [1.82, 2.24) is 14.9 Å². The van der Waals surface area contributed by atoms with Crippen LogP contribution in [0.25, 0.3) is 11.1 Å². The third-order valence-corrected chi connectivity index (χ3v) is 7.26. The first-order valence-corrected chi connectivity index (χ1v) is 13.1. The molecule has 0 radical (unpaired) electrons. The van der Waals surface area contributed by atoms with Crippen LogP contribution in [0.1, 0.15) is 81.1 Å². The number of hydrogen-bond donors (Lipinski definition) is 1. The smallest absolute Gasteiger partial charge is 0.198 e. The van der Waals surface area contributed by atoms with Gasteiger partial charge in [0.1, 0.15) is 11.3 Å². The van der Waals surface area contributed by atoms with Gasteiger partial charge in [0.25, 0.3) is 0 Å². The molecule has 1 saturated heterocycles. The van der Waals surface area contributed by atoms with Crippen molar-refractivity contribution >= 4 is 16.9 Å². The second-order valence-corrected chi connectivity index (χ2v) is 10.2. The maximum absolute atomic E-state index is 6.26. The highest BCUT2D eigenvalue weighted by Gasteiger charge is 2.29. The molecule has 2 aliphatic heterocycles. The van der Waals surface area contributed by atoms with Crippen molar-refractivity contribution in [2.45, 2.75) is 77.4 Å². The maximum Gasteiger partial charge on any atom is 0.198 e. The highest BCUT2D eigenvalue weighted by atomic mass is 16.5. The third-order valence-electron chi connectivity index (χ3n) is 7.26. The zero-order chi connectivity index (χ0) is 23.5. The van der Waals surface area contributed by atoms with Gasteiger partial charge in [0, 0.05) is 49.5 Å². The first-order chi connectivity index (χ1) is 16.6. The number of aromatic nitrogens is 2. The van der Waals surface area contributed by atoms with E-state index in [2.05, 4.69) is 60.2 Å². The van der Waals surface area contributed by atoms with Crippen LogP contribution in [0.5, 0.6) is 0 Å². The van der Waals surface area contributed by atoms with E-state index in [0.29, 0.717) is 12.0 Å². The third kappa shape index (κ3) is 5.13. The monoisotopic (exact) mass is 462 g/mol. The quantitative estimate of drug-likeness (QED) is 0.401. The molecule has 5 rings (SSSR count). The lowest BCUT2D eigenvalue weighted by Crippen LogP contribution is -2.26. The van der Waals surface area contributed by atoms with E-state index >= 15 is 0 Å². The zero-order valence-corrected chi connectivity index (χ0v) is 20.8. The van der Waals surface area contributed by atoms with Gasteiger partial charge in [-0.15, -0.1) is 0 Å². The summed E-state index contributed by atoms with van der Waals surface area (Å²) in [5.41, 5.74) is 5.68. The Morgan fingerprint density at radius 3 is 2.94 bits per heavy atom. The number of nitrogens with zero attached hydrogens (tertiary/aromatic N) is 3. The van der Waals surface area contributed by atoms with Gasteiger partial charge in [-0.25, -0.2) is 9.97 Å². The van der Waals surface area contributed by atoms with Crippen LogP contribution in [0.2, 0.25) is 0 Å². The number of hydrogen-bond acceptors (Lipinski definition) is 6. The fourth-order valence-electron chi connectivity index (χ4n) is 5.17. The second kappa shape index (κ2) is 10.4. The van der Waals surface area contributed by atoms with E-state index in [1.807, 2.05) is 6.07 Å². The Bertz CT molecular complexity index is 1110. The average Bonchev–Trinajstić information content (AvgIpc) is 3.51. The van der Waals surface area contributed by atoms with Crippen molar-refractivity contribution in [1.29, 1.82) is 0 Å². The van der Waals surface area contributed by atoms with Gasteiger partial charge in [0.15, 0.2) is 11.5 Å². The molecule has 0 aliphatic carbocycles. The number of pyridine rings is 1. The highest BCUT2D eigenvalue weighted by Crippen LogP contribution is 2.32. The molecule has 0 amide bonds. The molecule has 1 aromatic carbocycles. The molecule has 1 fully saturated rings. The molecule has 1 N–H and O–H groups in total. The van der Waals surface area contributed by atoms with E-state index < -0.39 is 0 Å². The van der Waals surface area contributed by atoms with Crippen molar-refractivity contribution < 1.29 is 9.15 Å². The summed E-state index contributed by atoms with van der Waals surface area (Å²) in [5, 5.41) is 3.43. The molecule has 2 aromatic heterocycles. The van der Waals surface area contributed by atoms with E-state index in [9.17, 15) is 0 Å². The maximum atomic E-state index is 6.26. The number of anilines is 1. The molecular weight excluding hydrogens is 424 g/mol. The number of nitrogens with one attached hydrogen (secondary N) is 1. The van der Waals surface area contributed by atoms with E-state index in [1.54, 1.807) is 0 Å². The minimum Gasteiger partial charge on any atom is -0.440 e. The molecular formula is C28H38N4O2. The van der Waals surface area contributed by atoms with Crippen LogP contribution in [-0.2, 0) is 17.6 Å². The predicted octanol–water partition coefficient (Wildman–Crippen LogP) is 5.88. The van der Waals surface area contributed by atoms with Crippen molar-refractivity contribution in [3.05, 3.63) is 53.0 Å². The number of rotatable bonds is 9. The van der Waals surface area contributed by atoms with E-state index in [-0.39, 0.29) is 6.04 Å². The number of para-hydroxylation sites is 1. The lowest BCUT2D eigenvalue weighted by Gasteiger charge is -2.24. The van der Waals surface area contributed by atoms with Crippen molar-refractivity contribution in [3.63, 3.8) is 0 Å². The number of fused-ring (bicyclic) bond motifs is 2. The molecule has 2 aliphatic rings. The standard InChI is InChI=1S/C28H38N4O2/c1-19(2)28-31-25-11-6-10-24(26(25)34-28)20(3)32-16-14-23(18-32)33-17-5-4-9-22-13-12-21-8-7-15-29-27(21)30-22/h6,10-13,19-20,23H,4-5,7-9,14-18H2,1-3H3,(H,29,30). The molecule has 2 unspecified atom stereocenters. The normalized spacial score (nSPS) is 19.5. The largest absolute Gasteiger partial charge is 0.440 e. The molecule has 4 heterocycles. The highest BCUT2D eigenvalue weighted by molar-refractivity contribution is 5.77. The SMILES string of the molecule is CC(C)c1nc2cccc(C(C)N3CCC(OCCCCc4ccc5c(n4)NCCC5)C3)c2o1. The number of benzene rings is 1. The fraction of sp³-hybridized carbons (Fsp3) is 0.571. The van der Waals surface area contributed by atoms with Crippen LogP contribution < -0.4 is 5.32 Å². The summed E-state index contributed by atoms with van der Waals surface area (Å²) in [7, 11) is 0. The second-order valence-electron chi connectivity index (χ2n) is 10.2. The summed E-state index contributed by atoms with van der Waals surface area (Å²) in [5.74, 6) is 2.21. The van der Waals surface area contributed by atoms with E-state index in [4.69, 9.17) is 14.1 Å². The van der Waals surface area contributed by atoms with Gasteiger partial charge in [0.2, 0.25) is 0 Å². The Kier molecular flexibility index (Phi) is 7.16. The molecule has 182 valence electrons. The van der Waals surface area contributed by atoms with Gasteiger partial charge < -0.3 is 14.5 Å². The van der Waals surface area contributed by atoms with E-state index in [0.717, 1.165) is 81.2 Å². The van der Waals surface area contributed by atoms with Gasteiger partial charge in [-0.1, -0.05) is 32.0 Å². The lowest BCUT2D eigenvalue weighted by atomic mass is 10.1. The number of oxazole rings is 1. The molecule has 0 bridgehead atoms. The zero-order valence-electron chi connectivity index (χ0n) is 20.8. The van der Waals surface area contributed by atoms with Crippen molar-refractivity contribution in [3.8, 4) is 0 Å². The van der Waals surface area contributed by atoms with Crippen LogP contribution in [0.15, 0.2) is 34.7 Å². The fourth-order valence-corrected chi connectivity index (χ4v) is 5.17. The molecule has 2 atom stereocenters. The molecule has 0 saturated carbocycles. The summed E-state index contributed by atoms with van der Waals surface area (Å²) < 4.78 is 12.4. The minimum absolute atomic E-state index is 0.286. The molecule has 0 spiro atoms. The van der Waals surface area contributed by atoms with Gasteiger partial charge in [-0.3, -0.25) is 4.90 Å². The van der Waals surface area contributed by atoms with Gasteiger partial charge in [-0.05, 0) is 63.1 Å². The van der Waals surface area contributed by atoms with E-state index in [1.165, 1.54) is 23.2 Å². The van der Waals surface area contributed by atoms with Crippen LogP contribution in [0.3, 0.4) is 0 Å². The summed E-state index contributed by atoms with van der Waals surface area (Å²) in [6.45, 7) is 10.4. The van der Waals surface area contributed by atoms with Crippen LogP contribution in [0.4, 0.5) is 5.82 Å². The van der Waals surface area contributed by atoms with Gasteiger partial charge in [-0.2, -0.15) is 0 Å². The first kappa shape index (κ1) is 23.3. The molecule has 34 heavy (non-hydrogen) atoms. The predicted molar refractivity (Wildman–Crippen MR) is 136 cm³/mol. The average molecular weight is 463 g/mol. The van der Waals surface area contributed by atoms with Crippen LogP contribution in [0, 0.1) is 0 Å². The molecule has 6 heteroatoms. The summed E-state index contributed by atoms with van der Waals surface area (Å²) in [4.78, 5) is 12.0.